The largest absolute Gasteiger partial charge is 0.484 e. The van der Waals surface area contributed by atoms with Crippen molar-refractivity contribution in [2.24, 2.45) is 0 Å². The summed E-state index contributed by atoms with van der Waals surface area (Å²) in [6, 6.07) is 11.3. The van der Waals surface area contributed by atoms with Crippen molar-refractivity contribution in [1.29, 1.82) is 0 Å². The van der Waals surface area contributed by atoms with Crippen LogP contribution in [0.2, 0.25) is 0 Å². The van der Waals surface area contributed by atoms with Gasteiger partial charge in [-0.15, -0.1) is 0 Å². The fraction of sp³-hybridized carbons (Fsp3) is 0.263. The van der Waals surface area contributed by atoms with E-state index in [0.29, 0.717) is 0 Å². The number of hydrogen-bond donors (Lipinski definition) is 1. The zero-order chi connectivity index (χ0) is 18.4. The van der Waals surface area contributed by atoms with Crippen LogP contribution < -0.4 is 10.1 Å². The number of ether oxygens (including phenoxy) is 1. The summed E-state index contributed by atoms with van der Waals surface area (Å²) in [5.41, 5.74) is 2.71. The molecule has 1 N–H and O–H groups in total. The molecule has 25 heavy (non-hydrogen) atoms. The van der Waals surface area contributed by atoms with E-state index in [0.717, 1.165) is 16.8 Å². The Balaban J connectivity index is 1.85. The van der Waals surface area contributed by atoms with Gasteiger partial charge in [-0.1, -0.05) is 18.2 Å². The molecule has 6 heteroatoms. The van der Waals surface area contributed by atoms with Gasteiger partial charge in [-0.3, -0.25) is 9.59 Å². The number of halogens is 1. The highest BCUT2D eigenvalue weighted by Crippen LogP contribution is 2.16. The first kappa shape index (κ1) is 18.4. The number of nitrogens with one attached hydrogen (secondary N) is 1. The lowest BCUT2D eigenvalue weighted by molar-refractivity contribution is -0.135. The van der Waals surface area contributed by atoms with Crippen molar-refractivity contribution in [1.82, 2.24) is 4.90 Å². The van der Waals surface area contributed by atoms with E-state index >= 15 is 0 Å². The Morgan fingerprint density at radius 3 is 2.64 bits per heavy atom. The number of amides is 2. The maximum absolute atomic E-state index is 13.1. The van der Waals surface area contributed by atoms with Crippen LogP contribution in [0.25, 0.3) is 0 Å². The van der Waals surface area contributed by atoms with Crippen LogP contribution >= 0.6 is 0 Å². The zero-order valence-electron chi connectivity index (χ0n) is 14.5. The minimum Gasteiger partial charge on any atom is -0.484 e. The molecule has 0 saturated carbocycles. The first-order valence-electron chi connectivity index (χ1n) is 7.84. The van der Waals surface area contributed by atoms with Crippen LogP contribution in [-0.2, 0) is 9.59 Å². The lowest BCUT2D eigenvalue weighted by atomic mass is 10.1. The predicted octanol–water partition coefficient (Wildman–Crippen LogP) is 2.92. The van der Waals surface area contributed by atoms with Gasteiger partial charge >= 0.3 is 0 Å². The topological polar surface area (TPSA) is 58.6 Å². The van der Waals surface area contributed by atoms with E-state index in [1.807, 2.05) is 32.0 Å². The number of benzene rings is 2. The van der Waals surface area contributed by atoms with E-state index in [-0.39, 0.29) is 30.7 Å². The van der Waals surface area contributed by atoms with Gasteiger partial charge < -0.3 is 15.0 Å². The van der Waals surface area contributed by atoms with Gasteiger partial charge in [0.15, 0.2) is 6.61 Å². The Labute approximate surface area is 146 Å². The second kappa shape index (κ2) is 8.28. The summed E-state index contributed by atoms with van der Waals surface area (Å²) >= 11 is 0. The second-order valence-electron chi connectivity index (χ2n) is 5.86. The van der Waals surface area contributed by atoms with Crippen LogP contribution in [0.5, 0.6) is 5.75 Å². The molecule has 0 radical (unpaired) electrons. The van der Waals surface area contributed by atoms with E-state index < -0.39 is 5.82 Å². The summed E-state index contributed by atoms with van der Waals surface area (Å²) in [4.78, 5) is 25.4. The number of rotatable bonds is 6. The highest BCUT2D eigenvalue weighted by atomic mass is 19.1. The van der Waals surface area contributed by atoms with E-state index in [1.54, 1.807) is 6.07 Å². The highest BCUT2D eigenvalue weighted by Gasteiger charge is 2.14. The Bertz CT molecular complexity index is 777. The van der Waals surface area contributed by atoms with E-state index in [4.69, 9.17) is 4.74 Å². The van der Waals surface area contributed by atoms with Gasteiger partial charge in [0.05, 0.1) is 6.54 Å². The molecule has 5 nitrogen and oxygen atoms in total. The van der Waals surface area contributed by atoms with Gasteiger partial charge in [-0.2, -0.15) is 0 Å². The lowest BCUT2D eigenvalue weighted by Crippen LogP contribution is -2.37. The smallest absolute Gasteiger partial charge is 0.260 e. The van der Waals surface area contributed by atoms with Crippen LogP contribution in [0.4, 0.5) is 10.1 Å². The van der Waals surface area contributed by atoms with Gasteiger partial charge in [0.25, 0.3) is 5.91 Å². The van der Waals surface area contributed by atoms with Gasteiger partial charge in [-0.25, -0.2) is 4.39 Å². The maximum atomic E-state index is 13.1. The summed E-state index contributed by atoms with van der Waals surface area (Å²) < 4.78 is 18.3. The molecular formula is C19H21FN2O3. The van der Waals surface area contributed by atoms with Crippen LogP contribution in [0.1, 0.15) is 11.1 Å². The molecule has 0 aliphatic heterocycles. The number of hydrogen-bond acceptors (Lipinski definition) is 3. The first-order chi connectivity index (χ1) is 11.8. The van der Waals surface area contributed by atoms with Crippen molar-refractivity contribution >= 4 is 17.5 Å². The van der Waals surface area contributed by atoms with Gasteiger partial charge in [0, 0.05) is 18.8 Å². The highest BCUT2D eigenvalue weighted by molar-refractivity contribution is 5.95. The molecule has 2 aromatic carbocycles. The molecule has 2 amide bonds. The van der Waals surface area contributed by atoms with E-state index in [9.17, 15) is 14.0 Å². The number of carbonyl (C=O) groups excluding carboxylic acids is 2. The Morgan fingerprint density at radius 1 is 1.16 bits per heavy atom. The number of nitrogens with zero attached hydrogens (tertiary/aromatic N) is 1. The summed E-state index contributed by atoms with van der Waals surface area (Å²) in [7, 11) is 1.51. The van der Waals surface area contributed by atoms with Crippen LogP contribution in [0.15, 0.2) is 42.5 Å². The van der Waals surface area contributed by atoms with Crippen molar-refractivity contribution < 1.29 is 18.7 Å². The molecule has 0 aromatic heterocycles. The first-order valence-corrected chi connectivity index (χ1v) is 7.84. The Hall–Kier alpha value is -2.89. The van der Waals surface area contributed by atoms with Crippen molar-refractivity contribution in [2.45, 2.75) is 13.8 Å². The monoisotopic (exact) mass is 344 g/mol. The molecular weight excluding hydrogens is 323 g/mol. The molecule has 0 fully saturated rings. The van der Waals surface area contributed by atoms with Crippen molar-refractivity contribution in [2.75, 3.05) is 25.5 Å². The Kier molecular flexibility index (Phi) is 6.11. The molecule has 0 aliphatic rings. The minimum absolute atomic E-state index is 0.0985. The molecule has 0 atom stereocenters. The molecule has 0 saturated heterocycles. The molecule has 0 bridgehead atoms. The maximum Gasteiger partial charge on any atom is 0.260 e. The summed E-state index contributed by atoms with van der Waals surface area (Å²) in [6.07, 6.45) is 0. The molecule has 0 aliphatic carbocycles. The fourth-order valence-electron chi connectivity index (χ4n) is 2.18. The molecule has 0 unspecified atom stereocenters. The number of likely N-dealkylation sites (N-methyl/N-ethyl adjacent to an activating group) is 1. The van der Waals surface area contributed by atoms with Crippen LogP contribution in [-0.4, -0.2) is 36.9 Å². The normalized spacial score (nSPS) is 10.2. The van der Waals surface area contributed by atoms with Crippen LogP contribution in [0.3, 0.4) is 0 Å². The van der Waals surface area contributed by atoms with E-state index in [1.165, 1.54) is 30.1 Å². The average Bonchev–Trinajstić information content (AvgIpc) is 2.56. The van der Waals surface area contributed by atoms with E-state index in [2.05, 4.69) is 5.32 Å². The van der Waals surface area contributed by atoms with Crippen molar-refractivity contribution in [3.8, 4) is 5.75 Å². The summed E-state index contributed by atoms with van der Waals surface area (Å²) in [6.45, 7) is 3.47. The third-order valence-electron chi connectivity index (χ3n) is 3.63. The third kappa shape index (κ3) is 5.60. The summed E-state index contributed by atoms with van der Waals surface area (Å²) in [5, 5.41) is 2.79. The molecule has 132 valence electrons. The molecule has 0 spiro atoms. The van der Waals surface area contributed by atoms with Gasteiger partial charge in [0.1, 0.15) is 11.6 Å². The fourth-order valence-corrected chi connectivity index (χ4v) is 2.18. The number of aryl methyl sites for hydroxylation is 2. The summed E-state index contributed by atoms with van der Waals surface area (Å²) in [5.74, 6) is -0.844. The quantitative estimate of drug-likeness (QED) is 0.877. The number of anilines is 1. The lowest BCUT2D eigenvalue weighted by Gasteiger charge is -2.18. The SMILES string of the molecule is Cc1ccc(C)c(NC(=O)CN(C)C(=O)COc2cccc(F)c2)c1. The van der Waals surface area contributed by atoms with Gasteiger partial charge in [0.2, 0.25) is 5.91 Å². The second-order valence-corrected chi connectivity index (χ2v) is 5.86. The van der Waals surface area contributed by atoms with Crippen molar-refractivity contribution in [3.05, 3.63) is 59.4 Å². The average molecular weight is 344 g/mol. The molecule has 2 rings (SSSR count). The standard InChI is InChI=1S/C19H21FN2O3/c1-13-7-8-14(2)17(9-13)21-18(23)11-22(3)19(24)12-25-16-6-4-5-15(20)10-16/h4-10H,11-12H2,1-3H3,(H,21,23). The van der Waals surface area contributed by atoms with Gasteiger partial charge in [-0.05, 0) is 43.2 Å². The zero-order valence-corrected chi connectivity index (χ0v) is 14.5. The predicted molar refractivity (Wildman–Crippen MR) is 94.1 cm³/mol. The number of carbonyl (C=O) groups is 2. The molecule has 2 aromatic rings. The van der Waals surface area contributed by atoms with Crippen molar-refractivity contribution in [3.63, 3.8) is 0 Å². The minimum atomic E-state index is -0.439. The molecule has 0 heterocycles. The third-order valence-corrected chi connectivity index (χ3v) is 3.63. The Morgan fingerprint density at radius 2 is 1.92 bits per heavy atom. The van der Waals surface area contributed by atoms with Crippen LogP contribution in [0, 0.1) is 19.7 Å².